The molecular formula is C34H43N5O5S. The predicted octanol–water partition coefficient (Wildman–Crippen LogP) is 3.36. The van der Waals surface area contributed by atoms with Crippen molar-refractivity contribution in [3.63, 3.8) is 0 Å². The topological polar surface area (TPSA) is 143 Å². The van der Waals surface area contributed by atoms with Crippen LogP contribution < -0.4 is 21.3 Å². The maximum absolute atomic E-state index is 13.8. The maximum atomic E-state index is 13.8. The minimum absolute atomic E-state index is 0.123. The van der Waals surface area contributed by atoms with E-state index >= 15 is 0 Å². The first-order chi connectivity index (χ1) is 21.5. The first kappa shape index (κ1) is 34.0. The fraction of sp³-hybridized carbons (Fsp3) is 0.382. The zero-order valence-corrected chi connectivity index (χ0v) is 26.8. The number of amides is 4. The molecule has 2 atom stereocenters. The molecule has 1 aliphatic rings. The van der Waals surface area contributed by atoms with Gasteiger partial charge < -0.3 is 36.4 Å². The van der Waals surface area contributed by atoms with Crippen molar-refractivity contribution in [3.8, 4) is 11.1 Å². The molecule has 3 aromatic rings. The lowest BCUT2D eigenvalue weighted by Crippen LogP contribution is -2.50. The number of aliphatic hydroxyl groups is 2. The van der Waals surface area contributed by atoms with E-state index in [1.807, 2.05) is 86.6 Å². The van der Waals surface area contributed by atoms with Crippen LogP contribution in [-0.4, -0.2) is 69.7 Å². The van der Waals surface area contributed by atoms with Crippen LogP contribution in [0.25, 0.3) is 11.1 Å². The van der Waals surface area contributed by atoms with Gasteiger partial charge in [-0.2, -0.15) is 0 Å². The zero-order valence-electron chi connectivity index (χ0n) is 26.0. The molecule has 0 aromatic heterocycles. The van der Waals surface area contributed by atoms with Crippen molar-refractivity contribution in [1.29, 1.82) is 0 Å². The van der Waals surface area contributed by atoms with Crippen molar-refractivity contribution in [2.45, 2.75) is 68.7 Å². The van der Waals surface area contributed by atoms with E-state index in [0.29, 0.717) is 26.2 Å². The van der Waals surface area contributed by atoms with Crippen LogP contribution >= 0.6 is 11.8 Å². The summed E-state index contributed by atoms with van der Waals surface area (Å²) in [4.78, 5) is 41.7. The number of urea groups is 1. The second-order valence-corrected chi connectivity index (χ2v) is 13.0. The molecule has 0 spiro atoms. The highest BCUT2D eigenvalue weighted by molar-refractivity contribution is 8.00. The number of benzene rings is 3. The third kappa shape index (κ3) is 10.1. The van der Waals surface area contributed by atoms with Crippen LogP contribution in [-0.2, 0) is 29.2 Å². The SMILES string of the molecule is C[C@@H](O)CNC(C)(C)CC(=O)N[C@@H]1Sc2ccccc2CN(Cc2ccc(-c3ccccc3CNC(=O)NCCO)cc2)C1=O. The van der Waals surface area contributed by atoms with Crippen LogP contribution in [0.1, 0.15) is 43.9 Å². The molecular weight excluding hydrogens is 590 g/mol. The normalized spacial score (nSPS) is 15.5. The van der Waals surface area contributed by atoms with Gasteiger partial charge in [0.2, 0.25) is 5.91 Å². The van der Waals surface area contributed by atoms with E-state index in [-0.39, 0.29) is 37.4 Å². The number of hydrogen-bond donors (Lipinski definition) is 6. The van der Waals surface area contributed by atoms with Gasteiger partial charge in [-0.1, -0.05) is 78.5 Å². The van der Waals surface area contributed by atoms with Gasteiger partial charge in [0.25, 0.3) is 5.91 Å². The lowest BCUT2D eigenvalue weighted by atomic mass is 9.98. The van der Waals surface area contributed by atoms with E-state index in [4.69, 9.17) is 5.11 Å². The molecule has 3 aromatic carbocycles. The Kier molecular flexibility index (Phi) is 12.0. The summed E-state index contributed by atoms with van der Waals surface area (Å²) in [5.74, 6) is -0.411. The van der Waals surface area contributed by atoms with Gasteiger partial charge in [-0.25, -0.2) is 4.79 Å². The Labute approximate surface area is 269 Å². The summed E-state index contributed by atoms with van der Waals surface area (Å²) in [6.45, 7) is 7.03. The molecule has 0 aliphatic carbocycles. The van der Waals surface area contributed by atoms with E-state index in [0.717, 1.165) is 32.7 Å². The second kappa shape index (κ2) is 15.9. The molecule has 4 amide bonds. The predicted molar refractivity (Wildman–Crippen MR) is 176 cm³/mol. The Morgan fingerprint density at radius 2 is 1.73 bits per heavy atom. The lowest BCUT2D eigenvalue weighted by Gasteiger charge is -2.28. The van der Waals surface area contributed by atoms with E-state index in [9.17, 15) is 19.5 Å². The Hall–Kier alpha value is -3.90. The second-order valence-electron chi connectivity index (χ2n) is 11.8. The van der Waals surface area contributed by atoms with Gasteiger partial charge in [0, 0.05) is 49.6 Å². The number of fused-ring (bicyclic) bond motifs is 1. The van der Waals surface area contributed by atoms with Crippen molar-refractivity contribution >= 4 is 29.6 Å². The molecule has 4 rings (SSSR count). The third-order valence-electron chi connectivity index (χ3n) is 7.38. The molecule has 0 saturated heterocycles. The van der Waals surface area contributed by atoms with Crippen LogP contribution in [0.2, 0.25) is 0 Å². The van der Waals surface area contributed by atoms with Crippen LogP contribution in [0, 0.1) is 0 Å². The number of nitrogens with zero attached hydrogens (tertiary/aromatic N) is 1. The van der Waals surface area contributed by atoms with Gasteiger partial charge in [-0.05, 0) is 54.7 Å². The summed E-state index contributed by atoms with van der Waals surface area (Å²) in [6, 6.07) is 23.3. The number of carbonyl (C=O) groups excluding carboxylic acids is 3. The molecule has 0 saturated carbocycles. The van der Waals surface area contributed by atoms with Crippen LogP contribution in [0.15, 0.2) is 77.7 Å². The molecule has 10 nitrogen and oxygen atoms in total. The Balaban J connectivity index is 1.47. The van der Waals surface area contributed by atoms with Gasteiger partial charge in [-0.15, -0.1) is 0 Å². The summed E-state index contributed by atoms with van der Waals surface area (Å²) in [6.07, 6.45) is -0.384. The average molecular weight is 634 g/mol. The number of carbonyl (C=O) groups is 3. The first-order valence-corrected chi connectivity index (χ1v) is 16.0. The number of aliphatic hydroxyl groups excluding tert-OH is 2. The summed E-state index contributed by atoms with van der Waals surface area (Å²) >= 11 is 1.35. The minimum atomic E-state index is -0.776. The molecule has 1 heterocycles. The van der Waals surface area contributed by atoms with Crippen molar-refractivity contribution in [3.05, 3.63) is 89.5 Å². The lowest BCUT2D eigenvalue weighted by molar-refractivity contribution is -0.135. The fourth-order valence-electron chi connectivity index (χ4n) is 5.06. The maximum Gasteiger partial charge on any atom is 0.315 e. The zero-order chi connectivity index (χ0) is 32.4. The van der Waals surface area contributed by atoms with Crippen molar-refractivity contribution < 1.29 is 24.6 Å². The Bertz CT molecular complexity index is 1460. The monoisotopic (exact) mass is 633 g/mol. The summed E-state index contributed by atoms with van der Waals surface area (Å²) < 4.78 is 0. The van der Waals surface area contributed by atoms with Gasteiger partial charge >= 0.3 is 6.03 Å². The molecule has 0 bridgehead atoms. The largest absolute Gasteiger partial charge is 0.395 e. The first-order valence-electron chi connectivity index (χ1n) is 15.1. The summed E-state index contributed by atoms with van der Waals surface area (Å²) in [7, 11) is 0. The minimum Gasteiger partial charge on any atom is -0.395 e. The smallest absolute Gasteiger partial charge is 0.315 e. The van der Waals surface area contributed by atoms with Crippen LogP contribution in [0.4, 0.5) is 4.79 Å². The Morgan fingerprint density at radius 3 is 2.47 bits per heavy atom. The van der Waals surface area contributed by atoms with Gasteiger partial charge in [-0.3, -0.25) is 9.59 Å². The highest BCUT2D eigenvalue weighted by Crippen LogP contribution is 2.33. The highest BCUT2D eigenvalue weighted by Gasteiger charge is 2.33. The highest BCUT2D eigenvalue weighted by atomic mass is 32.2. The number of nitrogens with one attached hydrogen (secondary N) is 4. The average Bonchev–Trinajstić information content (AvgIpc) is 3.14. The van der Waals surface area contributed by atoms with Gasteiger partial charge in [0.15, 0.2) is 5.37 Å². The molecule has 0 unspecified atom stereocenters. The number of β-amino-alcohol motifs (C(OH)–C–C–N with tert-alkyl or cyclic N) is 1. The van der Waals surface area contributed by atoms with Gasteiger partial charge in [0.1, 0.15) is 0 Å². The van der Waals surface area contributed by atoms with Crippen LogP contribution in [0.3, 0.4) is 0 Å². The molecule has 45 heavy (non-hydrogen) atoms. The Morgan fingerprint density at radius 1 is 1.02 bits per heavy atom. The third-order valence-corrected chi connectivity index (χ3v) is 8.59. The van der Waals surface area contributed by atoms with Crippen molar-refractivity contribution in [1.82, 2.24) is 26.2 Å². The quantitative estimate of drug-likeness (QED) is 0.170. The molecule has 0 fully saturated rings. The molecule has 6 N–H and O–H groups in total. The summed E-state index contributed by atoms with van der Waals surface area (Å²) in [5.41, 5.74) is 4.32. The van der Waals surface area contributed by atoms with Crippen molar-refractivity contribution in [2.75, 3.05) is 19.7 Å². The molecule has 1 aliphatic heterocycles. The van der Waals surface area contributed by atoms with E-state index in [1.165, 1.54) is 11.8 Å². The van der Waals surface area contributed by atoms with E-state index in [1.54, 1.807) is 11.8 Å². The summed E-state index contributed by atoms with van der Waals surface area (Å²) in [5, 5.41) is 29.3. The fourth-order valence-corrected chi connectivity index (χ4v) is 6.20. The van der Waals surface area contributed by atoms with Gasteiger partial charge in [0.05, 0.1) is 12.7 Å². The van der Waals surface area contributed by atoms with E-state index < -0.39 is 17.0 Å². The standard InChI is InChI=1S/C34H43N5O5S/c1-23(41)19-37-34(2,3)18-30(42)38-31-32(43)39(22-27-9-5-7-11-29(27)45-31)21-24-12-14-25(15-13-24)28-10-6-4-8-26(28)20-36-33(44)35-16-17-40/h4-15,23,31,37,40-41H,16-22H2,1-3H3,(H,38,42)(H2,35,36,44)/t23-,31-/m1/s1. The number of rotatable bonds is 13. The molecule has 0 radical (unpaired) electrons. The number of hydrogen-bond acceptors (Lipinski definition) is 7. The number of thioether (sulfide) groups is 1. The van der Waals surface area contributed by atoms with Crippen LogP contribution in [0.5, 0.6) is 0 Å². The van der Waals surface area contributed by atoms with E-state index in [2.05, 4.69) is 21.3 Å². The molecule has 11 heteroatoms. The molecule has 240 valence electrons. The van der Waals surface area contributed by atoms with Crippen molar-refractivity contribution in [2.24, 2.45) is 0 Å².